The number of aromatic hydroxyl groups is 1. The lowest BCUT2D eigenvalue weighted by molar-refractivity contribution is -0.137. The standard InChI is InChI=1S/C24H27F3N2O3S/c1-23-9-10-29(14-15-5-6-15)21(11-16-7-8-18(30)13-20(16)23)22(23)28-33(31,32)19-4-2-3-17(12-19)24(25,26)27/h2-4,7-8,12-13,15,21-22,28,30H,5-6,9-11,14H2,1H3/t21-,22-,23+/m1/s1. The number of phenols is 1. The summed E-state index contributed by atoms with van der Waals surface area (Å²) in [6, 6.07) is 8.48. The lowest BCUT2D eigenvalue weighted by atomic mass is 9.62. The number of piperidine rings is 1. The first-order chi connectivity index (χ1) is 15.5. The number of likely N-dealkylation sites (tertiary alicyclic amines) is 1. The highest BCUT2D eigenvalue weighted by Gasteiger charge is 2.52. The molecule has 3 atom stereocenters. The highest BCUT2D eigenvalue weighted by molar-refractivity contribution is 7.89. The van der Waals surface area contributed by atoms with Crippen LogP contribution in [0.5, 0.6) is 5.75 Å². The van der Waals surface area contributed by atoms with E-state index in [-0.39, 0.29) is 11.8 Å². The smallest absolute Gasteiger partial charge is 0.416 e. The van der Waals surface area contributed by atoms with Gasteiger partial charge in [-0.2, -0.15) is 13.2 Å². The zero-order valence-corrected chi connectivity index (χ0v) is 19.1. The van der Waals surface area contributed by atoms with Crippen molar-refractivity contribution in [1.29, 1.82) is 0 Å². The van der Waals surface area contributed by atoms with Crippen molar-refractivity contribution >= 4 is 10.0 Å². The summed E-state index contributed by atoms with van der Waals surface area (Å²) in [4.78, 5) is 1.95. The molecule has 2 aromatic rings. The number of hydrogen-bond acceptors (Lipinski definition) is 4. The Morgan fingerprint density at radius 2 is 1.94 bits per heavy atom. The molecular formula is C24H27F3N2O3S. The van der Waals surface area contributed by atoms with Gasteiger partial charge in [-0.1, -0.05) is 19.1 Å². The zero-order valence-electron chi connectivity index (χ0n) is 18.3. The normalized spacial score (nSPS) is 27.9. The Morgan fingerprint density at radius 3 is 2.64 bits per heavy atom. The Kier molecular flexibility index (Phi) is 5.30. The number of benzene rings is 2. The number of sulfonamides is 1. The number of halogens is 3. The van der Waals surface area contributed by atoms with E-state index < -0.39 is 38.1 Å². The quantitative estimate of drug-likeness (QED) is 0.678. The van der Waals surface area contributed by atoms with E-state index in [4.69, 9.17) is 0 Å². The van der Waals surface area contributed by atoms with Gasteiger partial charge in [0, 0.05) is 24.0 Å². The summed E-state index contributed by atoms with van der Waals surface area (Å²) >= 11 is 0. The first-order valence-electron chi connectivity index (χ1n) is 11.2. The monoisotopic (exact) mass is 480 g/mol. The third-order valence-electron chi connectivity index (χ3n) is 7.54. The summed E-state index contributed by atoms with van der Waals surface area (Å²) in [5.74, 6) is 0.740. The van der Waals surface area contributed by atoms with Crippen LogP contribution in [0.1, 0.15) is 42.9 Å². The van der Waals surface area contributed by atoms with Crippen LogP contribution in [0.2, 0.25) is 0 Å². The van der Waals surface area contributed by atoms with Gasteiger partial charge in [-0.3, -0.25) is 4.90 Å². The van der Waals surface area contributed by atoms with Gasteiger partial charge >= 0.3 is 6.18 Å². The van der Waals surface area contributed by atoms with Crippen molar-refractivity contribution in [3.63, 3.8) is 0 Å². The minimum Gasteiger partial charge on any atom is -0.508 e. The Balaban J connectivity index is 1.54. The Morgan fingerprint density at radius 1 is 1.18 bits per heavy atom. The zero-order chi connectivity index (χ0) is 23.6. The molecule has 2 bridgehead atoms. The van der Waals surface area contributed by atoms with Gasteiger partial charge in [0.05, 0.1) is 10.5 Å². The Hall–Kier alpha value is -2.10. The van der Waals surface area contributed by atoms with E-state index >= 15 is 0 Å². The van der Waals surface area contributed by atoms with E-state index in [2.05, 4.69) is 9.62 Å². The van der Waals surface area contributed by atoms with E-state index in [0.717, 1.165) is 36.3 Å². The molecule has 0 radical (unpaired) electrons. The number of fused-ring (bicyclic) bond motifs is 4. The van der Waals surface area contributed by atoms with Crippen LogP contribution in [0, 0.1) is 5.92 Å². The van der Waals surface area contributed by atoms with Crippen LogP contribution in [0.25, 0.3) is 0 Å². The van der Waals surface area contributed by atoms with Crippen LogP contribution in [0.15, 0.2) is 47.4 Å². The summed E-state index contributed by atoms with van der Waals surface area (Å²) in [7, 11) is -4.21. The number of hydrogen-bond donors (Lipinski definition) is 2. The summed E-state index contributed by atoms with van der Waals surface area (Å²) in [5, 5.41) is 10.1. The molecule has 2 fully saturated rings. The minimum absolute atomic E-state index is 0.109. The predicted octanol–water partition coefficient (Wildman–Crippen LogP) is 4.06. The molecule has 0 aromatic heterocycles. The number of nitrogens with one attached hydrogen (secondary N) is 1. The summed E-state index contributed by atoms with van der Waals surface area (Å²) in [5.41, 5.74) is 0.397. The summed E-state index contributed by atoms with van der Waals surface area (Å²) < 4.78 is 69.1. The van der Waals surface area contributed by atoms with Gasteiger partial charge in [0.15, 0.2) is 0 Å². The van der Waals surface area contributed by atoms with E-state index in [1.807, 2.05) is 13.0 Å². The van der Waals surface area contributed by atoms with Gasteiger partial charge in [0.25, 0.3) is 0 Å². The lowest BCUT2D eigenvalue weighted by Crippen LogP contribution is -2.67. The molecule has 1 aliphatic heterocycles. The van der Waals surface area contributed by atoms with E-state index in [1.54, 1.807) is 12.1 Å². The van der Waals surface area contributed by atoms with Crippen LogP contribution in [0.3, 0.4) is 0 Å². The fraction of sp³-hybridized carbons (Fsp3) is 0.500. The predicted molar refractivity (Wildman–Crippen MR) is 117 cm³/mol. The first-order valence-corrected chi connectivity index (χ1v) is 12.7. The van der Waals surface area contributed by atoms with Crippen LogP contribution in [-0.2, 0) is 28.0 Å². The molecule has 0 spiro atoms. The molecule has 3 aliphatic rings. The van der Waals surface area contributed by atoms with Crippen LogP contribution in [0.4, 0.5) is 13.2 Å². The summed E-state index contributed by atoms with van der Waals surface area (Å²) in [6.45, 7) is 3.70. The number of alkyl halides is 3. The largest absolute Gasteiger partial charge is 0.508 e. The average molecular weight is 481 g/mol. The van der Waals surface area contributed by atoms with Crippen molar-refractivity contribution in [2.45, 2.75) is 61.2 Å². The van der Waals surface area contributed by atoms with Gasteiger partial charge in [-0.15, -0.1) is 0 Å². The van der Waals surface area contributed by atoms with Crippen LogP contribution >= 0.6 is 0 Å². The van der Waals surface area contributed by atoms with Gasteiger partial charge in [0.1, 0.15) is 5.75 Å². The van der Waals surface area contributed by atoms with Crippen LogP contribution in [-0.4, -0.2) is 43.6 Å². The third-order valence-corrected chi connectivity index (χ3v) is 8.98. The molecule has 9 heteroatoms. The topological polar surface area (TPSA) is 69.6 Å². The van der Waals surface area contributed by atoms with E-state index in [1.165, 1.54) is 18.9 Å². The van der Waals surface area contributed by atoms with Gasteiger partial charge in [0.2, 0.25) is 10.0 Å². The highest BCUT2D eigenvalue weighted by Crippen LogP contribution is 2.47. The fourth-order valence-corrected chi connectivity index (χ4v) is 6.95. The fourth-order valence-electron chi connectivity index (χ4n) is 5.52. The van der Waals surface area contributed by atoms with Gasteiger partial charge in [-0.25, -0.2) is 13.1 Å². The van der Waals surface area contributed by atoms with Crippen molar-refractivity contribution in [2.24, 2.45) is 5.92 Å². The Bertz CT molecular complexity index is 1180. The maximum absolute atomic E-state index is 13.3. The second-order valence-corrected chi connectivity index (χ2v) is 11.6. The second-order valence-electron chi connectivity index (χ2n) is 9.84. The molecule has 2 aromatic carbocycles. The minimum atomic E-state index is -4.63. The number of phenolic OH excluding ortho intramolecular Hbond substituents is 1. The number of nitrogens with zero attached hydrogens (tertiary/aromatic N) is 1. The lowest BCUT2D eigenvalue weighted by Gasteiger charge is -2.55. The molecule has 5 rings (SSSR count). The molecule has 1 saturated heterocycles. The molecule has 33 heavy (non-hydrogen) atoms. The highest BCUT2D eigenvalue weighted by atomic mass is 32.2. The number of rotatable bonds is 5. The SMILES string of the molecule is C[C@]12CCN(CC3CC3)[C@H](Cc3ccc(O)cc31)[C@H]2NS(=O)(=O)c1cccc(C(F)(F)F)c1. The van der Waals surface area contributed by atoms with Crippen molar-refractivity contribution in [2.75, 3.05) is 13.1 Å². The maximum atomic E-state index is 13.3. The molecule has 1 saturated carbocycles. The van der Waals surface area contributed by atoms with E-state index in [0.29, 0.717) is 24.8 Å². The molecule has 0 unspecified atom stereocenters. The molecule has 2 aliphatic carbocycles. The Labute approximate surface area is 191 Å². The summed E-state index contributed by atoms with van der Waals surface area (Å²) in [6.07, 6.45) is -0.982. The van der Waals surface area contributed by atoms with Crippen molar-refractivity contribution < 1.29 is 26.7 Å². The first kappa shape index (κ1) is 22.7. The maximum Gasteiger partial charge on any atom is 0.416 e. The molecule has 1 heterocycles. The van der Waals surface area contributed by atoms with Crippen molar-refractivity contribution in [3.8, 4) is 5.75 Å². The molecular weight excluding hydrogens is 453 g/mol. The third kappa shape index (κ3) is 4.15. The van der Waals surface area contributed by atoms with Crippen molar-refractivity contribution in [3.05, 3.63) is 59.2 Å². The van der Waals surface area contributed by atoms with Gasteiger partial charge in [-0.05, 0) is 79.6 Å². The molecule has 2 N–H and O–H groups in total. The molecule has 5 nitrogen and oxygen atoms in total. The van der Waals surface area contributed by atoms with Crippen molar-refractivity contribution in [1.82, 2.24) is 9.62 Å². The average Bonchev–Trinajstić information content (AvgIpc) is 3.56. The molecule has 0 amide bonds. The van der Waals surface area contributed by atoms with E-state index in [9.17, 15) is 26.7 Å². The second kappa shape index (κ2) is 7.71. The van der Waals surface area contributed by atoms with Crippen LogP contribution < -0.4 is 4.72 Å². The molecule has 178 valence electrons. The van der Waals surface area contributed by atoms with Gasteiger partial charge < -0.3 is 5.11 Å².